The summed E-state index contributed by atoms with van der Waals surface area (Å²) in [5.41, 5.74) is 14.8. The number of piperidine rings is 1. The predicted molar refractivity (Wildman–Crippen MR) is 111 cm³/mol. The van der Waals surface area contributed by atoms with E-state index in [0.717, 1.165) is 33.4 Å². The summed E-state index contributed by atoms with van der Waals surface area (Å²) >= 11 is 1.61. The minimum atomic E-state index is -0.0470. The van der Waals surface area contributed by atoms with Gasteiger partial charge in [-0.1, -0.05) is 0 Å². The molecule has 0 aliphatic carbocycles. The lowest BCUT2D eigenvalue weighted by molar-refractivity contribution is 0.485. The van der Waals surface area contributed by atoms with Gasteiger partial charge in [0.2, 0.25) is 5.96 Å². The lowest BCUT2D eigenvalue weighted by Crippen LogP contribution is -2.37. The number of thiazole rings is 1. The van der Waals surface area contributed by atoms with E-state index >= 15 is 0 Å². The van der Waals surface area contributed by atoms with Crippen molar-refractivity contribution in [3.05, 3.63) is 34.8 Å². The number of benzene rings is 1. The Hall–Kier alpha value is -2.41. The largest absolute Gasteiger partial charge is 0.369 e. The molecule has 7 heteroatoms. The minimum absolute atomic E-state index is 0.0470. The normalized spacial score (nSPS) is 18.0. The molecule has 1 aromatic carbocycles. The maximum atomic E-state index is 5.34. The Kier molecular flexibility index (Phi) is 5.56. The second-order valence-corrected chi connectivity index (χ2v) is 7.73. The van der Waals surface area contributed by atoms with Crippen LogP contribution in [0.15, 0.2) is 34.5 Å². The molecular weight excluding hydrogens is 344 g/mol. The number of nitrogens with zero attached hydrogens (tertiary/aromatic N) is 4. The van der Waals surface area contributed by atoms with Crippen molar-refractivity contribution in [2.24, 2.45) is 21.7 Å². The summed E-state index contributed by atoms with van der Waals surface area (Å²) in [5.74, 6) is -0.0470. The molecule has 1 aliphatic heterocycles. The Bertz CT molecular complexity index is 817. The monoisotopic (exact) mass is 370 g/mol. The Morgan fingerprint density at radius 1 is 1.19 bits per heavy atom. The van der Waals surface area contributed by atoms with Gasteiger partial charge in [0.05, 0.1) is 16.3 Å². The molecule has 0 saturated carbocycles. The van der Waals surface area contributed by atoms with E-state index in [4.69, 9.17) is 16.5 Å². The van der Waals surface area contributed by atoms with Gasteiger partial charge in [-0.15, -0.1) is 16.4 Å². The van der Waals surface area contributed by atoms with Gasteiger partial charge in [-0.05, 0) is 64.3 Å². The Labute approximate surface area is 158 Å². The van der Waals surface area contributed by atoms with E-state index in [1.165, 1.54) is 24.9 Å². The van der Waals surface area contributed by atoms with E-state index in [-0.39, 0.29) is 5.96 Å². The molecule has 1 fully saturated rings. The number of anilines is 1. The fourth-order valence-electron chi connectivity index (χ4n) is 3.31. The lowest BCUT2D eigenvalue weighted by atomic mass is 10.0. The van der Waals surface area contributed by atoms with E-state index in [9.17, 15) is 0 Å². The highest BCUT2D eigenvalue weighted by Crippen LogP contribution is 2.31. The van der Waals surface area contributed by atoms with Gasteiger partial charge in [-0.25, -0.2) is 4.98 Å². The lowest BCUT2D eigenvalue weighted by Gasteiger charge is -2.35. The zero-order chi connectivity index (χ0) is 18.7. The summed E-state index contributed by atoms with van der Waals surface area (Å²) in [4.78, 5) is 8.20. The first kappa shape index (κ1) is 18.4. The Morgan fingerprint density at radius 3 is 2.58 bits per heavy atom. The third-order valence-corrected chi connectivity index (χ3v) is 6.00. The average molecular weight is 371 g/mol. The molecule has 2 heterocycles. The topological polar surface area (TPSA) is 92.9 Å². The number of aromatic nitrogens is 1. The predicted octanol–water partition coefficient (Wildman–Crippen LogP) is 3.49. The molecule has 26 heavy (non-hydrogen) atoms. The maximum Gasteiger partial charge on any atom is 0.211 e. The third-order valence-electron chi connectivity index (χ3n) is 4.69. The minimum Gasteiger partial charge on any atom is -0.369 e. The van der Waals surface area contributed by atoms with E-state index in [1.54, 1.807) is 11.3 Å². The number of hydrogen-bond donors (Lipinski definition) is 2. The maximum absolute atomic E-state index is 5.34. The van der Waals surface area contributed by atoms with Crippen molar-refractivity contribution in [1.29, 1.82) is 0 Å². The number of nitrogens with two attached hydrogens (primary N) is 2. The van der Waals surface area contributed by atoms with Crippen molar-refractivity contribution in [1.82, 2.24) is 4.98 Å². The number of hydrogen-bond acceptors (Lipinski definition) is 5. The van der Waals surface area contributed by atoms with Gasteiger partial charge in [-0.2, -0.15) is 5.10 Å². The molecular formula is C19H26N6S. The van der Waals surface area contributed by atoms with Gasteiger partial charge < -0.3 is 16.4 Å². The van der Waals surface area contributed by atoms with Crippen LogP contribution >= 0.6 is 11.3 Å². The summed E-state index contributed by atoms with van der Waals surface area (Å²) < 4.78 is 0. The van der Waals surface area contributed by atoms with Crippen LogP contribution in [0.1, 0.15) is 43.7 Å². The van der Waals surface area contributed by atoms with Gasteiger partial charge in [0.25, 0.3) is 0 Å². The summed E-state index contributed by atoms with van der Waals surface area (Å²) in [7, 11) is 0. The van der Waals surface area contributed by atoms with Crippen LogP contribution in [-0.4, -0.2) is 29.2 Å². The summed E-state index contributed by atoms with van der Waals surface area (Å²) in [6, 6.07) is 9.32. The van der Waals surface area contributed by atoms with Crippen LogP contribution in [0.3, 0.4) is 0 Å². The van der Waals surface area contributed by atoms with Crippen LogP contribution in [0.4, 0.5) is 5.69 Å². The second kappa shape index (κ2) is 7.86. The van der Waals surface area contributed by atoms with Gasteiger partial charge >= 0.3 is 0 Å². The molecule has 0 spiro atoms. The van der Waals surface area contributed by atoms with Crippen molar-refractivity contribution in [3.63, 3.8) is 0 Å². The van der Waals surface area contributed by atoms with Gasteiger partial charge in [-0.3, -0.25) is 0 Å². The smallest absolute Gasteiger partial charge is 0.211 e. The fraction of sp³-hybridized carbons (Fsp3) is 0.421. The average Bonchev–Trinajstić information content (AvgIpc) is 3.02. The van der Waals surface area contributed by atoms with Crippen molar-refractivity contribution in [2.75, 3.05) is 11.4 Å². The highest BCUT2D eigenvalue weighted by atomic mass is 32.1. The molecule has 1 atom stereocenters. The van der Waals surface area contributed by atoms with E-state index in [0.29, 0.717) is 6.04 Å². The highest BCUT2D eigenvalue weighted by Gasteiger charge is 2.19. The molecule has 0 bridgehead atoms. The zero-order valence-electron chi connectivity index (χ0n) is 15.6. The van der Waals surface area contributed by atoms with Crippen LogP contribution < -0.4 is 16.4 Å². The number of guanidine groups is 1. The molecule has 3 rings (SSSR count). The summed E-state index contributed by atoms with van der Waals surface area (Å²) in [6.45, 7) is 7.31. The zero-order valence-corrected chi connectivity index (χ0v) is 16.4. The first-order valence-corrected chi connectivity index (χ1v) is 9.75. The fourth-order valence-corrected chi connectivity index (χ4v) is 4.32. The molecule has 6 nitrogen and oxygen atoms in total. The molecule has 2 aromatic rings. The van der Waals surface area contributed by atoms with Crippen LogP contribution in [0.2, 0.25) is 0 Å². The van der Waals surface area contributed by atoms with Crippen molar-refractivity contribution in [2.45, 2.75) is 46.1 Å². The quantitative estimate of drug-likeness (QED) is 0.489. The molecule has 138 valence electrons. The molecule has 1 aliphatic rings. The highest BCUT2D eigenvalue weighted by molar-refractivity contribution is 7.17. The van der Waals surface area contributed by atoms with Gasteiger partial charge in [0.1, 0.15) is 5.01 Å². The van der Waals surface area contributed by atoms with Crippen LogP contribution in [-0.2, 0) is 0 Å². The van der Waals surface area contributed by atoms with Crippen molar-refractivity contribution in [3.8, 4) is 10.6 Å². The molecule has 0 radical (unpaired) electrons. The van der Waals surface area contributed by atoms with Gasteiger partial charge in [0.15, 0.2) is 0 Å². The van der Waals surface area contributed by atoms with E-state index < -0.39 is 0 Å². The van der Waals surface area contributed by atoms with Crippen molar-refractivity contribution < 1.29 is 0 Å². The molecule has 1 aromatic heterocycles. The van der Waals surface area contributed by atoms with E-state index in [2.05, 4.69) is 46.3 Å². The van der Waals surface area contributed by atoms with Crippen LogP contribution in [0.5, 0.6) is 0 Å². The van der Waals surface area contributed by atoms with Crippen molar-refractivity contribution >= 4 is 28.7 Å². The Morgan fingerprint density at radius 2 is 1.92 bits per heavy atom. The molecule has 0 amide bonds. The standard InChI is InChI=1S/C19H26N6S/c1-12-6-4-5-11-25(12)16-9-7-15(8-10-16)18-22-13(2)17(26-18)14(3)23-24-19(20)21/h7-10,12H,4-6,11H2,1-3H3,(H4,20,21,24)/b23-14+. The van der Waals surface area contributed by atoms with E-state index in [1.807, 2.05) is 13.8 Å². The number of aryl methyl sites for hydroxylation is 1. The molecule has 1 saturated heterocycles. The first-order chi connectivity index (χ1) is 12.5. The number of rotatable bonds is 4. The first-order valence-electron chi connectivity index (χ1n) is 8.94. The summed E-state index contributed by atoms with van der Waals surface area (Å²) in [5, 5.41) is 8.77. The SMILES string of the molecule is C/C(=N\N=C(N)N)c1sc(-c2ccc(N3CCCCC3C)cc2)nc1C. The Balaban J connectivity index is 1.83. The third kappa shape index (κ3) is 4.04. The van der Waals surface area contributed by atoms with Crippen LogP contribution in [0.25, 0.3) is 10.6 Å². The van der Waals surface area contributed by atoms with Gasteiger partial charge in [0, 0.05) is 23.8 Å². The molecule has 1 unspecified atom stereocenters. The molecule has 4 N–H and O–H groups in total. The van der Waals surface area contributed by atoms with Crippen LogP contribution in [0, 0.1) is 6.92 Å². The second-order valence-electron chi connectivity index (χ2n) is 6.73. The summed E-state index contributed by atoms with van der Waals surface area (Å²) in [6.07, 6.45) is 3.87.